The molecule has 2 aromatic carbocycles. The van der Waals surface area contributed by atoms with Gasteiger partial charge in [-0.15, -0.1) is 0 Å². The molecule has 0 bridgehead atoms. The van der Waals surface area contributed by atoms with Gasteiger partial charge in [0, 0.05) is 24.4 Å². The molecule has 1 aliphatic heterocycles. The summed E-state index contributed by atoms with van der Waals surface area (Å²) in [6.07, 6.45) is -3.76. The highest BCUT2D eigenvalue weighted by molar-refractivity contribution is 5.60. The molecule has 2 fully saturated rings. The number of pyridine rings is 1. The van der Waals surface area contributed by atoms with Crippen molar-refractivity contribution >= 4 is 0 Å². The van der Waals surface area contributed by atoms with Crippen LogP contribution in [0.4, 0.5) is 13.2 Å². The Morgan fingerprint density at radius 2 is 1.71 bits per heavy atom. The molecule has 1 aromatic heterocycles. The smallest absolute Gasteiger partial charge is 0.401 e. The molecule has 2 saturated carbocycles. The molecule has 6 rings (SSSR count). The molecule has 7 nitrogen and oxygen atoms in total. The average Bonchev–Trinajstić information content (AvgIpc) is 3.73. The van der Waals surface area contributed by atoms with Gasteiger partial charge in [0.05, 0.1) is 32.4 Å². The fraction of sp³-hybridized carbons (Fsp3) is 0.452. The van der Waals surface area contributed by atoms with Gasteiger partial charge in [-0.05, 0) is 42.5 Å². The molecule has 0 radical (unpaired) electrons. The van der Waals surface area contributed by atoms with Crippen LogP contribution in [0.5, 0.6) is 17.5 Å². The molecule has 2 heterocycles. The van der Waals surface area contributed by atoms with Crippen LogP contribution in [0, 0.1) is 5.92 Å². The fourth-order valence-corrected chi connectivity index (χ4v) is 7.02. The first-order chi connectivity index (χ1) is 19.5. The molecule has 2 N–H and O–H groups in total. The maximum atomic E-state index is 13.4. The number of nitrogens with zero attached hydrogens (tertiary/aromatic N) is 2. The summed E-state index contributed by atoms with van der Waals surface area (Å²) in [6, 6.07) is 18.5. The predicted molar refractivity (Wildman–Crippen MR) is 144 cm³/mol. The standard InChI is InChI=1S/C31H33F3N2O5/c1-36(17-29(32,33)34)16-22-25(20-7-5-4-6-8-20)31(21-13-11-19(12-14-21)18-9-10-18)30(38,27(22)37)26-23(41-31)15-24(39-2)35-28(26)40-3/h4-8,11-15,18,22,25,27,37-38H,9-10,16-17H2,1-3H3/t22-,25-,27-,30+,31+/m1/s1. The van der Waals surface area contributed by atoms with Gasteiger partial charge < -0.3 is 24.4 Å². The van der Waals surface area contributed by atoms with E-state index in [9.17, 15) is 23.4 Å². The van der Waals surface area contributed by atoms with Crippen LogP contribution in [0.25, 0.3) is 0 Å². The lowest BCUT2D eigenvalue weighted by Crippen LogP contribution is -2.52. The van der Waals surface area contributed by atoms with E-state index in [1.807, 2.05) is 54.6 Å². The highest BCUT2D eigenvalue weighted by Crippen LogP contribution is 2.70. The van der Waals surface area contributed by atoms with Gasteiger partial charge in [-0.25, -0.2) is 0 Å². The van der Waals surface area contributed by atoms with Gasteiger partial charge in [-0.1, -0.05) is 54.6 Å². The third-order valence-electron chi connectivity index (χ3n) is 8.77. The normalized spacial score (nSPS) is 28.8. The molecule has 3 aliphatic rings. The molecule has 0 spiro atoms. The third-order valence-corrected chi connectivity index (χ3v) is 8.77. The van der Waals surface area contributed by atoms with Crippen LogP contribution in [0.1, 0.15) is 46.9 Å². The maximum Gasteiger partial charge on any atom is 0.401 e. The number of aliphatic hydroxyl groups is 2. The number of aliphatic hydroxyl groups excluding tert-OH is 1. The predicted octanol–water partition coefficient (Wildman–Crippen LogP) is 4.72. The largest absolute Gasteiger partial charge is 0.481 e. The molecule has 5 atom stereocenters. The van der Waals surface area contributed by atoms with Gasteiger partial charge in [0.15, 0.2) is 11.2 Å². The van der Waals surface area contributed by atoms with Crippen LogP contribution in [-0.4, -0.2) is 66.7 Å². The Morgan fingerprint density at radius 1 is 1.02 bits per heavy atom. The third kappa shape index (κ3) is 4.35. The lowest BCUT2D eigenvalue weighted by atomic mass is 9.70. The topological polar surface area (TPSA) is 84.3 Å². The Labute approximate surface area is 236 Å². The summed E-state index contributed by atoms with van der Waals surface area (Å²) in [5.74, 6) is -0.709. The number of halogens is 3. The van der Waals surface area contributed by atoms with Crippen molar-refractivity contribution in [2.24, 2.45) is 5.92 Å². The second-order valence-electron chi connectivity index (χ2n) is 11.4. The van der Waals surface area contributed by atoms with Crippen LogP contribution in [0.3, 0.4) is 0 Å². The summed E-state index contributed by atoms with van der Waals surface area (Å²) >= 11 is 0. The van der Waals surface area contributed by atoms with E-state index in [0.29, 0.717) is 17.0 Å². The van der Waals surface area contributed by atoms with Crippen molar-refractivity contribution in [2.45, 2.75) is 48.2 Å². The number of fused-ring (bicyclic) bond motifs is 3. The first-order valence-electron chi connectivity index (χ1n) is 13.7. The highest BCUT2D eigenvalue weighted by Gasteiger charge is 2.77. The van der Waals surface area contributed by atoms with Crippen LogP contribution in [0.15, 0.2) is 60.7 Å². The summed E-state index contributed by atoms with van der Waals surface area (Å²) in [6.45, 7) is -1.33. The van der Waals surface area contributed by atoms with Crippen molar-refractivity contribution in [1.82, 2.24) is 9.88 Å². The number of ether oxygens (including phenoxy) is 3. The Balaban J connectivity index is 1.59. The molecular weight excluding hydrogens is 537 g/mol. The van der Waals surface area contributed by atoms with Crippen molar-refractivity contribution < 1.29 is 37.6 Å². The van der Waals surface area contributed by atoms with Crippen LogP contribution in [-0.2, 0) is 11.2 Å². The highest BCUT2D eigenvalue weighted by atomic mass is 19.4. The number of aromatic nitrogens is 1. The first kappa shape index (κ1) is 27.8. The SMILES string of the molecule is COc1cc2c(c(OC)n1)[C@]1(O)[C@H](O)[C@H](CN(C)CC(F)(F)F)[C@@H](c3ccccc3)[C@]1(c1ccc(C3CC3)cc1)O2. The van der Waals surface area contributed by atoms with Gasteiger partial charge in [0.1, 0.15) is 5.75 Å². The van der Waals surface area contributed by atoms with Gasteiger partial charge >= 0.3 is 6.18 Å². The van der Waals surface area contributed by atoms with Crippen molar-refractivity contribution in [3.05, 3.63) is 82.9 Å². The zero-order valence-electron chi connectivity index (χ0n) is 23.1. The van der Waals surface area contributed by atoms with Crippen LogP contribution >= 0.6 is 0 Å². The Hall–Kier alpha value is -3.34. The second-order valence-corrected chi connectivity index (χ2v) is 11.4. The van der Waals surface area contributed by atoms with Crippen molar-refractivity contribution in [1.29, 1.82) is 0 Å². The second kappa shape index (κ2) is 9.89. The van der Waals surface area contributed by atoms with E-state index >= 15 is 0 Å². The lowest BCUT2D eigenvalue weighted by Gasteiger charge is -2.41. The number of hydrogen-bond acceptors (Lipinski definition) is 7. The van der Waals surface area contributed by atoms with E-state index in [4.69, 9.17) is 14.2 Å². The minimum absolute atomic E-state index is 0.00785. The molecule has 3 aromatic rings. The molecule has 2 aliphatic carbocycles. The average molecular weight is 571 g/mol. The summed E-state index contributed by atoms with van der Waals surface area (Å²) < 4.78 is 58.0. The van der Waals surface area contributed by atoms with E-state index in [1.54, 1.807) is 0 Å². The fourth-order valence-electron chi connectivity index (χ4n) is 7.02. The monoisotopic (exact) mass is 570 g/mol. The van der Waals surface area contributed by atoms with Crippen molar-refractivity contribution in [3.8, 4) is 17.5 Å². The number of benzene rings is 2. The van der Waals surface area contributed by atoms with Crippen LogP contribution in [0.2, 0.25) is 0 Å². The van der Waals surface area contributed by atoms with Crippen molar-refractivity contribution in [2.75, 3.05) is 34.4 Å². The zero-order chi connectivity index (χ0) is 29.2. The Morgan fingerprint density at radius 3 is 2.29 bits per heavy atom. The van der Waals surface area contributed by atoms with Crippen LogP contribution < -0.4 is 14.2 Å². The van der Waals surface area contributed by atoms with E-state index < -0.39 is 41.9 Å². The quantitative estimate of drug-likeness (QED) is 0.406. The first-order valence-corrected chi connectivity index (χ1v) is 13.7. The molecule has 10 heteroatoms. The van der Waals surface area contributed by atoms with Gasteiger partial charge in [-0.2, -0.15) is 18.2 Å². The van der Waals surface area contributed by atoms with E-state index in [-0.39, 0.29) is 29.6 Å². The zero-order valence-corrected chi connectivity index (χ0v) is 23.1. The summed E-state index contributed by atoms with van der Waals surface area (Å²) in [5.41, 5.74) is -1.13. The summed E-state index contributed by atoms with van der Waals surface area (Å²) in [7, 11) is 4.19. The van der Waals surface area contributed by atoms with Gasteiger partial charge in [0.25, 0.3) is 0 Å². The van der Waals surface area contributed by atoms with E-state index in [1.165, 1.54) is 32.9 Å². The Kier molecular flexibility index (Phi) is 6.71. The Bertz CT molecular complexity index is 1420. The summed E-state index contributed by atoms with van der Waals surface area (Å²) in [4.78, 5) is 5.50. The van der Waals surface area contributed by atoms with Gasteiger partial charge in [0.2, 0.25) is 11.8 Å². The van der Waals surface area contributed by atoms with E-state index in [0.717, 1.165) is 17.7 Å². The molecule has 0 saturated heterocycles. The van der Waals surface area contributed by atoms with E-state index in [2.05, 4.69) is 4.98 Å². The number of methoxy groups -OCH3 is 2. The molecular formula is C31H33F3N2O5. The van der Waals surface area contributed by atoms with Gasteiger partial charge in [-0.3, -0.25) is 4.90 Å². The number of rotatable bonds is 8. The lowest BCUT2D eigenvalue weighted by molar-refractivity contribution is -0.155. The minimum atomic E-state index is -4.43. The number of alkyl halides is 3. The van der Waals surface area contributed by atoms with Crippen molar-refractivity contribution in [3.63, 3.8) is 0 Å². The maximum absolute atomic E-state index is 13.4. The molecule has 0 unspecified atom stereocenters. The molecule has 218 valence electrons. The molecule has 0 amide bonds. The number of hydrogen-bond donors (Lipinski definition) is 2. The molecule has 41 heavy (non-hydrogen) atoms. The summed E-state index contributed by atoms with van der Waals surface area (Å²) in [5, 5.41) is 25.0. The minimum Gasteiger partial charge on any atom is -0.481 e.